The summed E-state index contributed by atoms with van der Waals surface area (Å²) in [5.74, 6) is -1.19. The molecule has 6 nitrogen and oxygen atoms in total. The number of carbonyl (C=O) groups excluding carboxylic acids is 1. The summed E-state index contributed by atoms with van der Waals surface area (Å²) in [6, 6.07) is 4.35. The van der Waals surface area contributed by atoms with Crippen molar-refractivity contribution in [1.82, 2.24) is 0 Å². The van der Waals surface area contributed by atoms with Gasteiger partial charge in [0.2, 0.25) is 5.91 Å². The molecule has 0 aliphatic rings. The zero-order valence-electron chi connectivity index (χ0n) is 11.8. The topological polar surface area (TPSA) is 84.9 Å². The van der Waals surface area contributed by atoms with Crippen LogP contribution in [0.3, 0.4) is 0 Å². The number of methoxy groups -OCH3 is 1. The lowest BCUT2D eigenvalue weighted by Gasteiger charge is -2.12. The van der Waals surface area contributed by atoms with E-state index in [4.69, 9.17) is 14.6 Å². The molecule has 0 aliphatic heterocycles. The van der Waals surface area contributed by atoms with E-state index in [1.165, 1.54) is 25.3 Å². The van der Waals surface area contributed by atoms with Gasteiger partial charge in [-0.2, -0.15) is 0 Å². The third-order valence-electron chi connectivity index (χ3n) is 2.79. The van der Waals surface area contributed by atoms with E-state index >= 15 is 0 Å². The number of hydrogen-bond donors (Lipinski definition) is 2. The van der Waals surface area contributed by atoms with Gasteiger partial charge in [-0.25, -0.2) is 4.79 Å². The number of benzene rings is 1. The monoisotopic (exact) mass is 281 g/mol. The number of ether oxygens (including phenoxy) is 2. The third kappa shape index (κ3) is 4.55. The zero-order valence-corrected chi connectivity index (χ0v) is 11.8. The number of aromatic carboxylic acids is 1. The van der Waals surface area contributed by atoms with Crippen LogP contribution < -0.4 is 10.1 Å². The number of carbonyl (C=O) groups is 2. The summed E-state index contributed by atoms with van der Waals surface area (Å²) >= 11 is 0. The lowest BCUT2D eigenvalue weighted by atomic mass is 10.2. The van der Waals surface area contributed by atoms with Crippen molar-refractivity contribution in [3.63, 3.8) is 0 Å². The normalized spacial score (nSPS) is 11.8. The first-order chi connectivity index (χ1) is 9.47. The molecule has 0 bridgehead atoms. The molecule has 1 amide bonds. The van der Waals surface area contributed by atoms with Crippen LogP contribution in [0.4, 0.5) is 5.69 Å². The van der Waals surface area contributed by atoms with Gasteiger partial charge in [0.05, 0.1) is 13.2 Å². The molecule has 2 N–H and O–H groups in total. The molecule has 0 heterocycles. The highest BCUT2D eigenvalue weighted by Gasteiger charge is 2.12. The molecule has 1 aromatic rings. The van der Waals surface area contributed by atoms with Gasteiger partial charge in [-0.3, -0.25) is 4.79 Å². The third-order valence-corrected chi connectivity index (χ3v) is 2.79. The summed E-state index contributed by atoms with van der Waals surface area (Å²) in [7, 11) is 1.37. The second-order valence-corrected chi connectivity index (χ2v) is 4.30. The smallest absolute Gasteiger partial charge is 0.339 e. The molecule has 1 rings (SSSR count). The van der Waals surface area contributed by atoms with Gasteiger partial charge in [-0.15, -0.1) is 0 Å². The van der Waals surface area contributed by atoms with Crippen LogP contribution in [0.1, 0.15) is 30.6 Å². The van der Waals surface area contributed by atoms with Crippen molar-refractivity contribution in [1.29, 1.82) is 0 Å². The minimum atomic E-state index is -1.08. The second-order valence-electron chi connectivity index (χ2n) is 4.30. The molecule has 0 aromatic heterocycles. The van der Waals surface area contributed by atoms with E-state index in [-0.39, 0.29) is 29.9 Å². The van der Waals surface area contributed by atoms with Crippen molar-refractivity contribution < 1.29 is 24.2 Å². The zero-order chi connectivity index (χ0) is 15.1. The lowest BCUT2D eigenvalue weighted by molar-refractivity contribution is -0.122. The fraction of sp³-hybridized carbons (Fsp3) is 0.429. The number of anilines is 1. The van der Waals surface area contributed by atoms with Gasteiger partial charge in [0, 0.05) is 11.8 Å². The van der Waals surface area contributed by atoms with Crippen molar-refractivity contribution in [3.05, 3.63) is 23.8 Å². The Labute approximate surface area is 117 Å². The van der Waals surface area contributed by atoms with E-state index in [1.54, 1.807) is 0 Å². The highest BCUT2D eigenvalue weighted by atomic mass is 16.5. The lowest BCUT2D eigenvalue weighted by Crippen LogP contribution is -2.21. The minimum absolute atomic E-state index is 0.0182. The fourth-order valence-electron chi connectivity index (χ4n) is 1.48. The highest BCUT2D eigenvalue weighted by Crippen LogP contribution is 2.23. The molecule has 0 aliphatic carbocycles. The molecule has 0 spiro atoms. The molecule has 110 valence electrons. The molecular formula is C14H19NO5. The Bertz CT molecular complexity index is 486. The molecule has 20 heavy (non-hydrogen) atoms. The summed E-state index contributed by atoms with van der Waals surface area (Å²) in [6.45, 7) is 3.81. The molecule has 6 heteroatoms. The van der Waals surface area contributed by atoms with Crippen LogP contribution in [0, 0.1) is 0 Å². The van der Waals surface area contributed by atoms with Crippen LogP contribution in [-0.2, 0) is 9.53 Å². The molecule has 0 saturated heterocycles. The van der Waals surface area contributed by atoms with Gasteiger partial charge < -0.3 is 19.9 Å². The van der Waals surface area contributed by atoms with Crippen LogP contribution in [-0.4, -0.2) is 36.8 Å². The van der Waals surface area contributed by atoms with Crippen LogP contribution in [0.5, 0.6) is 5.75 Å². The Morgan fingerprint density at radius 3 is 2.65 bits per heavy atom. The predicted octanol–water partition coefficient (Wildman–Crippen LogP) is 2.15. The number of hydrogen-bond acceptors (Lipinski definition) is 4. The summed E-state index contributed by atoms with van der Waals surface area (Å²) < 4.78 is 10.3. The van der Waals surface area contributed by atoms with Crippen LogP contribution >= 0.6 is 0 Å². The maximum atomic E-state index is 11.7. The van der Waals surface area contributed by atoms with E-state index in [0.717, 1.165) is 6.42 Å². The molecular weight excluding hydrogens is 262 g/mol. The molecule has 1 atom stereocenters. The quantitative estimate of drug-likeness (QED) is 0.800. The minimum Gasteiger partial charge on any atom is -0.496 e. The highest BCUT2D eigenvalue weighted by molar-refractivity contribution is 5.95. The fourth-order valence-corrected chi connectivity index (χ4v) is 1.48. The summed E-state index contributed by atoms with van der Waals surface area (Å²) in [5, 5.41) is 11.6. The van der Waals surface area contributed by atoms with Gasteiger partial charge in [-0.05, 0) is 25.5 Å². The molecule has 0 fully saturated rings. The predicted molar refractivity (Wildman–Crippen MR) is 74.3 cm³/mol. The van der Waals surface area contributed by atoms with Gasteiger partial charge in [0.25, 0.3) is 0 Å². The van der Waals surface area contributed by atoms with Crippen molar-refractivity contribution in [2.75, 3.05) is 19.0 Å². The van der Waals surface area contributed by atoms with Crippen molar-refractivity contribution in [2.24, 2.45) is 0 Å². The van der Waals surface area contributed by atoms with Gasteiger partial charge in [0.1, 0.15) is 17.9 Å². The molecule has 0 saturated carbocycles. The van der Waals surface area contributed by atoms with Crippen molar-refractivity contribution in [3.8, 4) is 5.75 Å². The number of rotatable bonds is 7. The van der Waals surface area contributed by atoms with Gasteiger partial charge >= 0.3 is 5.97 Å². The number of nitrogens with one attached hydrogen (secondary N) is 1. The first-order valence-electron chi connectivity index (χ1n) is 6.30. The summed E-state index contributed by atoms with van der Waals surface area (Å²) in [6.07, 6.45) is 0.846. The molecule has 0 radical (unpaired) electrons. The first kappa shape index (κ1) is 16.0. The van der Waals surface area contributed by atoms with Crippen molar-refractivity contribution >= 4 is 17.6 Å². The van der Waals surface area contributed by atoms with Crippen LogP contribution in [0.15, 0.2) is 18.2 Å². The van der Waals surface area contributed by atoms with Crippen LogP contribution in [0.25, 0.3) is 0 Å². The Hall–Kier alpha value is -2.08. The maximum Gasteiger partial charge on any atom is 0.339 e. The molecule has 1 aromatic carbocycles. The maximum absolute atomic E-state index is 11.7. The largest absolute Gasteiger partial charge is 0.496 e. The number of carboxylic acids is 1. The van der Waals surface area contributed by atoms with E-state index in [0.29, 0.717) is 5.69 Å². The second kappa shape index (κ2) is 7.49. The van der Waals surface area contributed by atoms with Gasteiger partial charge in [-0.1, -0.05) is 6.92 Å². The SMILES string of the molecule is CCC(C)OCC(=O)Nc1ccc(C(=O)O)c(OC)c1. The summed E-state index contributed by atoms with van der Waals surface area (Å²) in [4.78, 5) is 22.6. The van der Waals surface area contributed by atoms with Crippen LogP contribution in [0.2, 0.25) is 0 Å². The molecule has 1 unspecified atom stereocenters. The first-order valence-corrected chi connectivity index (χ1v) is 6.30. The number of carboxylic acid groups (broad SMARTS) is 1. The van der Waals surface area contributed by atoms with Crippen molar-refractivity contribution in [2.45, 2.75) is 26.4 Å². The van der Waals surface area contributed by atoms with E-state index in [2.05, 4.69) is 5.32 Å². The van der Waals surface area contributed by atoms with E-state index in [1.807, 2.05) is 13.8 Å². The Kier molecular flexibility index (Phi) is 5.99. The van der Waals surface area contributed by atoms with E-state index < -0.39 is 5.97 Å². The Morgan fingerprint density at radius 2 is 2.10 bits per heavy atom. The van der Waals surface area contributed by atoms with Gasteiger partial charge in [0.15, 0.2) is 0 Å². The summed E-state index contributed by atoms with van der Waals surface area (Å²) in [5.41, 5.74) is 0.506. The van der Waals surface area contributed by atoms with E-state index in [9.17, 15) is 9.59 Å². The average molecular weight is 281 g/mol. The standard InChI is InChI=1S/C14H19NO5/c1-4-9(2)20-8-13(16)15-10-5-6-11(14(17)18)12(7-10)19-3/h5-7,9H,4,8H2,1-3H3,(H,15,16)(H,17,18). The number of amides is 1. The Morgan fingerprint density at radius 1 is 1.40 bits per heavy atom. The Balaban J connectivity index is 2.69. The average Bonchev–Trinajstić information content (AvgIpc) is 2.44.